The maximum atomic E-state index is 12.0. The number of halogens is 1. The number of hydrogen-bond donors (Lipinski definition) is 1. The molecule has 1 aromatic carbocycles. The molecule has 154 valence electrons. The molecule has 1 N–H and O–H groups in total. The lowest BCUT2D eigenvalue weighted by Crippen LogP contribution is -2.43. The van der Waals surface area contributed by atoms with Gasteiger partial charge in [-0.2, -0.15) is 0 Å². The number of nitrogens with one attached hydrogen (secondary N) is 1. The van der Waals surface area contributed by atoms with Crippen LogP contribution in [-0.4, -0.2) is 62.2 Å². The standard InChI is InChI=1S/C20H24ClN5O2S/c1-24(29(2,27)28)17-7-8-19-23-20(15-3-5-16(21)6-4-15)18(26(19)13-17)14-25-11-9-22-10-12-25/h3-8,13,22H,9-12,14H2,1-2H3. The molecule has 0 atom stereocenters. The van der Waals surface area contributed by atoms with Crippen molar-refractivity contribution < 1.29 is 8.42 Å². The molecule has 0 spiro atoms. The Kier molecular flexibility index (Phi) is 5.52. The molecule has 0 bridgehead atoms. The predicted octanol–water partition coefficient (Wildman–Crippen LogP) is 2.46. The number of rotatable bonds is 5. The largest absolute Gasteiger partial charge is 0.314 e. The van der Waals surface area contributed by atoms with Crippen molar-refractivity contribution in [2.45, 2.75) is 6.54 Å². The first-order valence-corrected chi connectivity index (χ1v) is 11.7. The number of sulfonamides is 1. The number of pyridine rings is 1. The van der Waals surface area contributed by atoms with Crippen molar-refractivity contribution in [3.8, 4) is 11.3 Å². The Morgan fingerprint density at radius 2 is 1.83 bits per heavy atom. The minimum atomic E-state index is -3.35. The lowest BCUT2D eigenvalue weighted by molar-refractivity contribution is 0.230. The fourth-order valence-electron chi connectivity index (χ4n) is 3.53. The first kappa shape index (κ1) is 20.2. The van der Waals surface area contributed by atoms with Crippen LogP contribution in [0, 0.1) is 0 Å². The van der Waals surface area contributed by atoms with Gasteiger partial charge in [-0.25, -0.2) is 13.4 Å². The Hall–Kier alpha value is -2.13. The molecule has 4 rings (SSSR count). The van der Waals surface area contributed by atoms with E-state index in [2.05, 4.69) is 10.2 Å². The van der Waals surface area contributed by atoms with Gasteiger partial charge in [0.15, 0.2) is 0 Å². The molecule has 3 heterocycles. The Labute approximate surface area is 176 Å². The molecule has 29 heavy (non-hydrogen) atoms. The summed E-state index contributed by atoms with van der Waals surface area (Å²) in [5.74, 6) is 0. The van der Waals surface area contributed by atoms with Crippen LogP contribution in [0.4, 0.5) is 5.69 Å². The molecule has 2 aromatic heterocycles. The van der Waals surface area contributed by atoms with Crippen LogP contribution < -0.4 is 9.62 Å². The maximum absolute atomic E-state index is 12.0. The van der Waals surface area contributed by atoms with E-state index < -0.39 is 10.0 Å². The molecule has 0 aliphatic carbocycles. The van der Waals surface area contributed by atoms with Crippen molar-refractivity contribution in [3.63, 3.8) is 0 Å². The van der Waals surface area contributed by atoms with E-state index in [1.165, 1.54) is 10.6 Å². The third-order valence-corrected chi connectivity index (χ3v) is 6.72. The minimum absolute atomic E-state index is 0.599. The monoisotopic (exact) mass is 433 g/mol. The molecule has 3 aromatic rings. The SMILES string of the molecule is CN(c1ccc2nc(-c3ccc(Cl)cc3)c(CN3CCNCC3)n2c1)S(C)(=O)=O. The number of fused-ring (bicyclic) bond motifs is 1. The number of imidazole rings is 1. The molecule has 9 heteroatoms. The summed E-state index contributed by atoms with van der Waals surface area (Å²) in [6.07, 6.45) is 3.05. The van der Waals surface area contributed by atoms with Crippen LogP contribution in [0.15, 0.2) is 42.6 Å². The van der Waals surface area contributed by atoms with Crippen molar-refractivity contribution in [2.24, 2.45) is 0 Å². The Morgan fingerprint density at radius 1 is 1.14 bits per heavy atom. The highest BCUT2D eigenvalue weighted by atomic mass is 35.5. The molecule has 0 amide bonds. The van der Waals surface area contributed by atoms with E-state index in [0.29, 0.717) is 10.7 Å². The number of benzene rings is 1. The van der Waals surface area contributed by atoms with Crippen LogP contribution in [0.5, 0.6) is 0 Å². The number of hydrogen-bond acceptors (Lipinski definition) is 5. The first-order valence-electron chi connectivity index (χ1n) is 9.47. The molecule has 0 saturated carbocycles. The van der Waals surface area contributed by atoms with Gasteiger partial charge in [0, 0.05) is 56.6 Å². The molecule has 0 unspecified atom stereocenters. The second-order valence-corrected chi connectivity index (χ2v) is 9.74. The van der Waals surface area contributed by atoms with E-state index in [-0.39, 0.29) is 0 Å². The topological polar surface area (TPSA) is 70.0 Å². The van der Waals surface area contributed by atoms with E-state index in [9.17, 15) is 8.42 Å². The Bertz CT molecular complexity index is 1120. The van der Waals surface area contributed by atoms with Gasteiger partial charge in [0.25, 0.3) is 0 Å². The maximum Gasteiger partial charge on any atom is 0.232 e. The summed E-state index contributed by atoms with van der Waals surface area (Å²) in [6.45, 7) is 4.55. The smallest absolute Gasteiger partial charge is 0.232 e. The number of piperazine rings is 1. The summed E-state index contributed by atoms with van der Waals surface area (Å²) in [5, 5.41) is 4.05. The summed E-state index contributed by atoms with van der Waals surface area (Å²) in [5.41, 5.74) is 4.29. The van der Waals surface area contributed by atoms with Gasteiger partial charge in [0.1, 0.15) is 5.65 Å². The van der Waals surface area contributed by atoms with Gasteiger partial charge in [0.2, 0.25) is 10.0 Å². The van der Waals surface area contributed by atoms with Crippen molar-refractivity contribution >= 4 is 33.0 Å². The number of anilines is 1. The fourth-order valence-corrected chi connectivity index (χ4v) is 4.15. The summed E-state index contributed by atoms with van der Waals surface area (Å²) >= 11 is 6.07. The normalized spacial score (nSPS) is 15.7. The lowest BCUT2D eigenvalue weighted by atomic mass is 10.1. The van der Waals surface area contributed by atoms with Crippen molar-refractivity contribution in [3.05, 3.63) is 53.3 Å². The van der Waals surface area contributed by atoms with Crippen molar-refractivity contribution in [1.82, 2.24) is 19.6 Å². The molecule has 1 saturated heterocycles. The van der Waals surface area contributed by atoms with Crippen LogP contribution in [-0.2, 0) is 16.6 Å². The molecular formula is C20H24ClN5O2S. The molecule has 0 radical (unpaired) electrons. The highest BCUT2D eigenvalue weighted by Gasteiger charge is 2.20. The van der Waals surface area contributed by atoms with E-state index in [4.69, 9.17) is 16.6 Å². The highest BCUT2D eigenvalue weighted by molar-refractivity contribution is 7.92. The van der Waals surface area contributed by atoms with Crippen LogP contribution >= 0.6 is 11.6 Å². The zero-order valence-electron chi connectivity index (χ0n) is 16.5. The highest BCUT2D eigenvalue weighted by Crippen LogP contribution is 2.29. The van der Waals surface area contributed by atoms with E-state index >= 15 is 0 Å². The van der Waals surface area contributed by atoms with Gasteiger partial charge >= 0.3 is 0 Å². The zero-order valence-corrected chi connectivity index (χ0v) is 18.0. The molecule has 1 fully saturated rings. The van der Waals surface area contributed by atoms with Crippen LogP contribution in [0.2, 0.25) is 5.02 Å². The average molecular weight is 434 g/mol. The van der Waals surface area contributed by atoms with Gasteiger partial charge in [0.05, 0.1) is 23.3 Å². The predicted molar refractivity (Wildman–Crippen MR) is 117 cm³/mol. The Balaban J connectivity index is 1.84. The molecular weight excluding hydrogens is 410 g/mol. The lowest BCUT2D eigenvalue weighted by Gasteiger charge is -2.27. The third-order valence-electron chi connectivity index (χ3n) is 5.26. The summed E-state index contributed by atoms with van der Waals surface area (Å²) in [7, 11) is -1.79. The summed E-state index contributed by atoms with van der Waals surface area (Å²) in [4.78, 5) is 7.23. The van der Waals surface area contributed by atoms with E-state index in [1.807, 2.05) is 40.9 Å². The quantitative estimate of drug-likeness (QED) is 0.669. The van der Waals surface area contributed by atoms with Gasteiger partial charge < -0.3 is 5.32 Å². The molecule has 1 aliphatic rings. The summed E-state index contributed by atoms with van der Waals surface area (Å²) < 4.78 is 27.3. The van der Waals surface area contributed by atoms with Gasteiger partial charge in [-0.15, -0.1) is 0 Å². The zero-order chi connectivity index (χ0) is 20.6. The number of nitrogens with zero attached hydrogens (tertiary/aromatic N) is 4. The van der Waals surface area contributed by atoms with Gasteiger partial charge in [-0.1, -0.05) is 23.7 Å². The van der Waals surface area contributed by atoms with Crippen LogP contribution in [0.1, 0.15) is 5.69 Å². The molecule has 7 nitrogen and oxygen atoms in total. The van der Waals surface area contributed by atoms with Crippen LogP contribution in [0.3, 0.4) is 0 Å². The average Bonchev–Trinajstić information content (AvgIpc) is 3.06. The molecule has 1 aliphatic heterocycles. The second kappa shape index (κ2) is 7.95. The van der Waals surface area contributed by atoms with Crippen molar-refractivity contribution in [1.29, 1.82) is 0 Å². The third kappa shape index (κ3) is 4.25. The van der Waals surface area contributed by atoms with Gasteiger partial charge in [-0.05, 0) is 24.3 Å². The van der Waals surface area contributed by atoms with Crippen molar-refractivity contribution in [2.75, 3.05) is 43.8 Å². The van der Waals surface area contributed by atoms with Crippen LogP contribution in [0.25, 0.3) is 16.9 Å². The van der Waals surface area contributed by atoms with Gasteiger partial charge in [-0.3, -0.25) is 13.6 Å². The summed E-state index contributed by atoms with van der Waals surface area (Å²) in [6, 6.07) is 11.3. The van der Waals surface area contributed by atoms with E-state index in [0.717, 1.165) is 55.3 Å². The first-order chi connectivity index (χ1) is 13.8. The number of aromatic nitrogens is 2. The minimum Gasteiger partial charge on any atom is -0.314 e. The fraction of sp³-hybridized carbons (Fsp3) is 0.350. The van der Waals surface area contributed by atoms with E-state index in [1.54, 1.807) is 13.1 Å². The second-order valence-electron chi connectivity index (χ2n) is 7.29. The Morgan fingerprint density at radius 3 is 2.48 bits per heavy atom.